The lowest BCUT2D eigenvalue weighted by molar-refractivity contribution is 0.244. The predicted octanol–water partition coefficient (Wildman–Crippen LogP) is 1.29. The van der Waals surface area contributed by atoms with Crippen LogP contribution in [-0.4, -0.2) is 34.1 Å². The van der Waals surface area contributed by atoms with Crippen molar-refractivity contribution in [3.05, 3.63) is 42.1 Å². The molecule has 2 amide bonds. The molecule has 0 radical (unpaired) electrons. The number of carbonyl (C=O) groups excluding carboxylic acids is 1. The van der Waals surface area contributed by atoms with E-state index < -0.39 is 0 Å². The van der Waals surface area contributed by atoms with Gasteiger partial charge in [-0.3, -0.25) is 5.32 Å². The van der Waals surface area contributed by atoms with E-state index >= 15 is 0 Å². The largest absolute Gasteiger partial charge is 0.395 e. The Hall–Kier alpha value is -2.34. The van der Waals surface area contributed by atoms with Gasteiger partial charge in [0.25, 0.3) is 0 Å². The number of aliphatic hydroxyl groups is 1. The lowest BCUT2D eigenvalue weighted by Crippen LogP contribution is -2.31. The molecule has 100 valence electrons. The number of amides is 2. The SMILES string of the molecule is Cc1ccccc1-n1nccc1NC(=O)NCCO. The van der Waals surface area contributed by atoms with E-state index in [0.717, 1.165) is 11.3 Å². The first-order valence-electron chi connectivity index (χ1n) is 5.98. The Labute approximate surface area is 111 Å². The molecule has 6 heteroatoms. The highest BCUT2D eigenvalue weighted by Gasteiger charge is 2.09. The maximum atomic E-state index is 11.6. The van der Waals surface area contributed by atoms with Gasteiger partial charge in [0.05, 0.1) is 18.5 Å². The summed E-state index contributed by atoms with van der Waals surface area (Å²) in [5.41, 5.74) is 1.97. The molecule has 1 heterocycles. The van der Waals surface area contributed by atoms with Gasteiger partial charge in [0.2, 0.25) is 0 Å². The summed E-state index contributed by atoms with van der Waals surface area (Å²) in [6.07, 6.45) is 1.62. The summed E-state index contributed by atoms with van der Waals surface area (Å²) in [6, 6.07) is 9.11. The summed E-state index contributed by atoms with van der Waals surface area (Å²) >= 11 is 0. The number of aliphatic hydroxyl groups excluding tert-OH is 1. The van der Waals surface area contributed by atoms with Gasteiger partial charge in [-0.05, 0) is 18.6 Å². The number of para-hydroxylation sites is 1. The Bertz CT molecular complexity index is 565. The first-order valence-corrected chi connectivity index (χ1v) is 5.98. The fourth-order valence-electron chi connectivity index (χ4n) is 1.72. The van der Waals surface area contributed by atoms with E-state index in [-0.39, 0.29) is 19.2 Å². The molecule has 0 aliphatic rings. The van der Waals surface area contributed by atoms with E-state index in [1.165, 1.54) is 0 Å². The van der Waals surface area contributed by atoms with Crippen molar-refractivity contribution < 1.29 is 9.90 Å². The number of hydrogen-bond donors (Lipinski definition) is 3. The van der Waals surface area contributed by atoms with Gasteiger partial charge in [0, 0.05) is 12.6 Å². The summed E-state index contributed by atoms with van der Waals surface area (Å²) in [5.74, 6) is 0.574. The highest BCUT2D eigenvalue weighted by atomic mass is 16.3. The van der Waals surface area contributed by atoms with E-state index in [2.05, 4.69) is 15.7 Å². The molecule has 0 fully saturated rings. The number of hydrogen-bond acceptors (Lipinski definition) is 3. The highest BCUT2D eigenvalue weighted by Crippen LogP contribution is 2.17. The van der Waals surface area contributed by atoms with Gasteiger partial charge in [0.15, 0.2) is 0 Å². The number of benzene rings is 1. The molecule has 0 unspecified atom stereocenters. The van der Waals surface area contributed by atoms with E-state index in [4.69, 9.17) is 5.11 Å². The number of aryl methyl sites for hydroxylation is 1. The fraction of sp³-hybridized carbons (Fsp3) is 0.231. The van der Waals surface area contributed by atoms with Gasteiger partial charge in [-0.1, -0.05) is 18.2 Å². The topological polar surface area (TPSA) is 79.2 Å². The van der Waals surface area contributed by atoms with Crippen LogP contribution < -0.4 is 10.6 Å². The lowest BCUT2D eigenvalue weighted by Gasteiger charge is -2.11. The van der Waals surface area contributed by atoms with Crippen LogP contribution in [0, 0.1) is 6.92 Å². The molecule has 0 bridgehead atoms. The van der Waals surface area contributed by atoms with Crippen molar-refractivity contribution in [2.24, 2.45) is 0 Å². The lowest BCUT2D eigenvalue weighted by atomic mass is 10.2. The minimum Gasteiger partial charge on any atom is -0.395 e. The normalized spacial score (nSPS) is 10.2. The quantitative estimate of drug-likeness (QED) is 0.775. The van der Waals surface area contributed by atoms with Gasteiger partial charge in [-0.2, -0.15) is 5.10 Å². The second kappa shape index (κ2) is 6.01. The summed E-state index contributed by atoms with van der Waals surface area (Å²) < 4.78 is 1.66. The molecule has 0 saturated carbocycles. The number of urea groups is 1. The molecule has 2 aromatic rings. The number of aromatic nitrogens is 2. The van der Waals surface area contributed by atoms with Crippen LogP contribution in [0.4, 0.5) is 10.6 Å². The van der Waals surface area contributed by atoms with Gasteiger partial charge in [0.1, 0.15) is 5.82 Å². The molecule has 6 nitrogen and oxygen atoms in total. The summed E-state index contributed by atoms with van der Waals surface area (Å²) in [4.78, 5) is 11.6. The van der Waals surface area contributed by atoms with Crippen LogP contribution in [0.5, 0.6) is 0 Å². The predicted molar refractivity (Wildman–Crippen MR) is 72.4 cm³/mol. The maximum Gasteiger partial charge on any atom is 0.320 e. The standard InChI is InChI=1S/C13H16N4O2/c1-10-4-2-3-5-11(10)17-12(6-7-15-17)16-13(19)14-8-9-18/h2-7,18H,8-9H2,1H3,(H2,14,16,19). The van der Waals surface area contributed by atoms with E-state index in [1.807, 2.05) is 31.2 Å². The van der Waals surface area contributed by atoms with Crippen LogP contribution in [-0.2, 0) is 0 Å². The van der Waals surface area contributed by atoms with Gasteiger partial charge in [-0.25, -0.2) is 9.48 Å². The van der Waals surface area contributed by atoms with Crippen molar-refractivity contribution in [1.29, 1.82) is 0 Å². The minimum absolute atomic E-state index is 0.0928. The fourth-order valence-corrected chi connectivity index (χ4v) is 1.72. The van der Waals surface area contributed by atoms with Crippen molar-refractivity contribution in [1.82, 2.24) is 15.1 Å². The first-order chi connectivity index (χ1) is 9.22. The van der Waals surface area contributed by atoms with Crippen LogP contribution in [0.15, 0.2) is 36.5 Å². The molecule has 0 aliphatic carbocycles. The first kappa shape index (κ1) is 13.1. The van der Waals surface area contributed by atoms with Crippen molar-refractivity contribution >= 4 is 11.8 Å². The highest BCUT2D eigenvalue weighted by molar-refractivity contribution is 5.88. The van der Waals surface area contributed by atoms with Crippen molar-refractivity contribution in [3.63, 3.8) is 0 Å². The average Bonchev–Trinajstić information content (AvgIpc) is 2.85. The Morgan fingerprint density at radius 2 is 2.16 bits per heavy atom. The molecular formula is C13H16N4O2. The molecule has 1 aromatic heterocycles. The third kappa shape index (κ3) is 3.11. The molecule has 2 rings (SSSR count). The second-order valence-corrected chi connectivity index (χ2v) is 4.02. The summed E-state index contributed by atoms with van der Waals surface area (Å²) in [7, 11) is 0. The molecule has 0 spiro atoms. The van der Waals surface area contributed by atoms with Gasteiger partial charge >= 0.3 is 6.03 Å². The van der Waals surface area contributed by atoms with E-state index in [1.54, 1.807) is 16.9 Å². The zero-order chi connectivity index (χ0) is 13.7. The number of nitrogens with zero attached hydrogens (tertiary/aromatic N) is 2. The Kier molecular flexibility index (Phi) is 4.15. The van der Waals surface area contributed by atoms with E-state index in [0.29, 0.717) is 5.82 Å². The number of rotatable bonds is 4. The van der Waals surface area contributed by atoms with Crippen molar-refractivity contribution in [2.75, 3.05) is 18.5 Å². The van der Waals surface area contributed by atoms with Crippen LogP contribution in [0.1, 0.15) is 5.56 Å². The molecule has 0 aliphatic heterocycles. The Morgan fingerprint density at radius 1 is 1.37 bits per heavy atom. The summed E-state index contributed by atoms with van der Waals surface area (Å²) in [6.45, 7) is 2.10. The van der Waals surface area contributed by atoms with Crippen molar-refractivity contribution in [2.45, 2.75) is 6.92 Å². The molecule has 0 saturated heterocycles. The monoisotopic (exact) mass is 260 g/mol. The molecule has 19 heavy (non-hydrogen) atoms. The molecular weight excluding hydrogens is 244 g/mol. The maximum absolute atomic E-state index is 11.6. The second-order valence-electron chi connectivity index (χ2n) is 4.02. The molecule has 0 atom stereocenters. The van der Waals surface area contributed by atoms with Gasteiger partial charge < -0.3 is 10.4 Å². The minimum atomic E-state index is -0.371. The third-order valence-electron chi connectivity index (χ3n) is 2.63. The molecule has 3 N–H and O–H groups in total. The Morgan fingerprint density at radius 3 is 2.89 bits per heavy atom. The average molecular weight is 260 g/mol. The summed E-state index contributed by atoms with van der Waals surface area (Å²) in [5, 5.41) is 18.1. The van der Waals surface area contributed by atoms with Crippen LogP contribution in [0.25, 0.3) is 5.69 Å². The van der Waals surface area contributed by atoms with Crippen LogP contribution in [0.2, 0.25) is 0 Å². The number of carbonyl (C=O) groups is 1. The van der Waals surface area contributed by atoms with E-state index in [9.17, 15) is 4.79 Å². The zero-order valence-electron chi connectivity index (χ0n) is 10.6. The smallest absolute Gasteiger partial charge is 0.320 e. The van der Waals surface area contributed by atoms with Crippen molar-refractivity contribution in [3.8, 4) is 5.69 Å². The van der Waals surface area contributed by atoms with Gasteiger partial charge in [-0.15, -0.1) is 0 Å². The van der Waals surface area contributed by atoms with Crippen LogP contribution in [0.3, 0.4) is 0 Å². The van der Waals surface area contributed by atoms with Crippen LogP contribution >= 0.6 is 0 Å². The molecule has 1 aromatic carbocycles. The zero-order valence-corrected chi connectivity index (χ0v) is 10.6. The Balaban J connectivity index is 2.19. The number of nitrogens with one attached hydrogen (secondary N) is 2. The number of anilines is 1. The third-order valence-corrected chi connectivity index (χ3v) is 2.63.